The van der Waals surface area contributed by atoms with Crippen LogP contribution in [0, 0.1) is 6.92 Å². The molecule has 0 bridgehead atoms. The fourth-order valence-corrected chi connectivity index (χ4v) is 3.38. The molecule has 5 heteroatoms. The molecule has 0 radical (unpaired) electrons. The summed E-state index contributed by atoms with van der Waals surface area (Å²) in [6.45, 7) is 3.37. The van der Waals surface area contributed by atoms with Gasteiger partial charge in [-0.1, -0.05) is 12.8 Å². The van der Waals surface area contributed by atoms with Crippen LogP contribution in [0.2, 0.25) is 0 Å². The average molecular weight is 299 g/mol. The number of aromatic amines is 1. The van der Waals surface area contributed by atoms with Crippen molar-refractivity contribution in [2.75, 3.05) is 5.73 Å². The van der Waals surface area contributed by atoms with Crippen molar-refractivity contribution >= 4 is 28.3 Å². The van der Waals surface area contributed by atoms with Gasteiger partial charge in [0.2, 0.25) is 0 Å². The van der Waals surface area contributed by atoms with Crippen LogP contribution in [0.1, 0.15) is 59.0 Å². The zero-order chi connectivity index (χ0) is 15.9. The van der Waals surface area contributed by atoms with Crippen molar-refractivity contribution in [1.29, 1.82) is 0 Å². The molecule has 22 heavy (non-hydrogen) atoms. The predicted molar refractivity (Wildman–Crippen MR) is 87.2 cm³/mol. The molecule has 2 aromatic rings. The molecule has 1 aliphatic rings. The summed E-state index contributed by atoms with van der Waals surface area (Å²) in [5.74, 6) is -0.148. The number of rotatable bonds is 3. The first-order valence-corrected chi connectivity index (χ1v) is 7.71. The number of amides is 1. The van der Waals surface area contributed by atoms with Crippen molar-refractivity contribution in [1.82, 2.24) is 10.3 Å². The highest BCUT2D eigenvalue weighted by atomic mass is 16.1. The van der Waals surface area contributed by atoms with E-state index in [9.17, 15) is 9.59 Å². The summed E-state index contributed by atoms with van der Waals surface area (Å²) in [5.41, 5.74) is 9.18. The molecule has 1 aromatic carbocycles. The van der Waals surface area contributed by atoms with Crippen molar-refractivity contribution in [3.05, 3.63) is 29.0 Å². The Balaban J connectivity index is 2.01. The smallest absolute Gasteiger partial charge is 0.251 e. The maximum atomic E-state index is 12.4. The first-order chi connectivity index (χ1) is 10.5. The van der Waals surface area contributed by atoms with Crippen LogP contribution >= 0.6 is 0 Å². The van der Waals surface area contributed by atoms with Crippen LogP contribution in [0.25, 0.3) is 10.9 Å². The Morgan fingerprint density at radius 1 is 1.27 bits per heavy atom. The zero-order valence-corrected chi connectivity index (χ0v) is 13.0. The molecule has 1 aromatic heterocycles. The molecule has 0 aliphatic heterocycles. The van der Waals surface area contributed by atoms with Gasteiger partial charge in [0.1, 0.15) is 0 Å². The lowest BCUT2D eigenvalue weighted by Gasteiger charge is -2.12. The Labute approximate surface area is 129 Å². The number of fused-ring (bicyclic) bond motifs is 1. The van der Waals surface area contributed by atoms with Crippen LogP contribution in [-0.2, 0) is 0 Å². The van der Waals surface area contributed by atoms with Crippen molar-refractivity contribution in [2.45, 2.75) is 45.6 Å². The fraction of sp³-hybridized carbons (Fsp3) is 0.412. The number of aromatic nitrogens is 1. The number of ketones is 1. The quantitative estimate of drug-likeness (QED) is 0.601. The van der Waals surface area contributed by atoms with E-state index in [1.807, 2.05) is 6.92 Å². The van der Waals surface area contributed by atoms with Gasteiger partial charge in [0.15, 0.2) is 5.78 Å². The molecule has 1 heterocycles. The first kappa shape index (κ1) is 14.6. The summed E-state index contributed by atoms with van der Waals surface area (Å²) < 4.78 is 0. The average Bonchev–Trinajstić information content (AvgIpc) is 3.05. The number of hydrogen-bond donors (Lipinski definition) is 3. The minimum Gasteiger partial charge on any atom is -0.397 e. The number of carbonyl (C=O) groups is 2. The van der Waals surface area contributed by atoms with Gasteiger partial charge in [-0.05, 0) is 38.8 Å². The summed E-state index contributed by atoms with van der Waals surface area (Å²) in [6, 6.07) is 3.69. The maximum Gasteiger partial charge on any atom is 0.251 e. The van der Waals surface area contributed by atoms with E-state index in [1.54, 1.807) is 12.1 Å². The van der Waals surface area contributed by atoms with E-state index in [-0.39, 0.29) is 17.7 Å². The van der Waals surface area contributed by atoms with E-state index >= 15 is 0 Å². The number of anilines is 1. The molecule has 3 rings (SSSR count). The molecule has 0 saturated heterocycles. The molecule has 0 spiro atoms. The van der Waals surface area contributed by atoms with Gasteiger partial charge in [-0.15, -0.1) is 0 Å². The molecule has 0 unspecified atom stereocenters. The second-order valence-corrected chi connectivity index (χ2v) is 6.12. The Morgan fingerprint density at radius 2 is 1.95 bits per heavy atom. The number of nitrogen functional groups attached to an aromatic ring is 1. The van der Waals surface area contributed by atoms with Crippen LogP contribution in [0.3, 0.4) is 0 Å². The molecule has 1 aliphatic carbocycles. The number of nitrogens with two attached hydrogens (primary N) is 1. The van der Waals surface area contributed by atoms with Crippen LogP contribution in [0.5, 0.6) is 0 Å². The summed E-state index contributed by atoms with van der Waals surface area (Å²) >= 11 is 0. The summed E-state index contributed by atoms with van der Waals surface area (Å²) in [7, 11) is 0. The number of nitrogens with one attached hydrogen (secondary N) is 2. The Hall–Kier alpha value is -2.30. The highest BCUT2D eigenvalue weighted by Gasteiger charge is 2.20. The first-order valence-electron chi connectivity index (χ1n) is 7.71. The van der Waals surface area contributed by atoms with E-state index in [1.165, 1.54) is 6.92 Å². The van der Waals surface area contributed by atoms with Gasteiger partial charge in [-0.25, -0.2) is 0 Å². The lowest BCUT2D eigenvalue weighted by atomic mass is 10.0. The lowest BCUT2D eigenvalue weighted by Crippen LogP contribution is -2.32. The summed E-state index contributed by atoms with van der Waals surface area (Å²) in [4.78, 5) is 27.4. The number of Topliss-reactive ketones (excluding diaryl/α,β-unsaturated/α-hetero) is 1. The SMILES string of the molecule is CC(=O)c1c(C)[nH]c2c(N)cc(C(=O)NC3CCCC3)cc12. The second kappa shape index (κ2) is 5.48. The number of carbonyl (C=O) groups excluding carboxylic acids is 2. The Kier molecular flexibility index (Phi) is 3.64. The van der Waals surface area contributed by atoms with Gasteiger partial charge < -0.3 is 16.0 Å². The molecular formula is C17H21N3O2. The van der Waals surface area contributed by atoms with E-state index in [4.69, 9.17) is 5.73 Å². The standard InChI is InChI=1S/C17H21N3O2/c1-9-15(10(2)21)13-7-11(8-14(18)16(13)19-9)17(22)20-12-5-3-4-6-12/h7-8,12,19H,3-6,18H2,1-2H3,(H,20,22). The molecule has 1 saturated carbocycles. The van der Waals surface area contributed by atoms with Crippen LogP contribution < -0.4 is 11.1 Å². The molecule has 116 valence electrons. The third kappa shape index (κ3) is 2.47. The number of aryl methyl sites for hydroxylation is 1. The molecule has 1 fully saturated rings. The van der Waals surface area contributed by atoms with Gasteiger partial charge in [0.25, 0.3) is 5.91 Å². The van der Waals surface area contributed by atoms with Gasteiger partial charge in [0.05, 0.1) is 11.2 Å². The summed E-state index contributed by atoms with van der Waals surface area (Å²) in [6.07, 6.45) is 4.39. The van der Waals surface area contributed by atoms with E-state index in [2.05, 4.69) is 10.3 Å². The molecule has 0 atom stereocenters. The van der Waals surface area contributed by atoms with Crippen molar-refractivity contribution in [2.24, 2.45) is 0 Å². The predicted octanol–water partition coefficient (Wildman–Crippen LogP) is 2.93. The maximum absolute atomic E-state index is 12.4. The molecular weight excluding hydrogens is 278 g/mol. The summed E-state index contributed by atoms with van der Waals surface area (Å²) in [5, 5.41) is 3.78. The highest BCUT2D eigenvalue weighted by molar-refractivity contribution is 6.12. The number of hydrogen-bond acceptors (Lipinski definition) is 3. The largest absolute Gasteiger partial charge is 0.397 e. The minimum absolute atomic E-state index is 0.0310. The minimum atomic E-state index is -0.117. The highest BCUT2D eigenvalue weighted by Crippen LogP contribution is 2.29. The van der Waals surface area contributed by atoms with Crippen LogP contribution in [0.4, 0.5) is 5.69 Å². The van der Waals surface area contributed by atoms with E-state index in [0.717, 1.165) is 42.3 Å². The van der Waals surface area contributed by atoms with Crippen LogP contribution in [0.15, 0.2) is 12.1 Å². The topological polar surface area (TPSA) is 88.0 Å². The number of benzene rings is 1. The second-order valence-electron chi connectivity index (χ2n) is 6.12. The molecule has 5 nitrogen and oxygen atoms in total. The van der Waals surface area contributed by atoms with Gasteiger partial charge in [0, 0.05) is 28.2 Å². The zero-order valence-electron chi connectivity index (χ0n) is 13.0. The van der Waals surface area contributed by atoms with Gasteiger partial charge in [-0.2, -0.15) is 0 Å². The van der Waals surface area contributed by atoms with Gasteiger partial charge >= 0.3 is 0 Å². The van der Waals surface area contributed by atoms with E-state index in [0.29, 0.717) is 16.8 Å². The molecule has 1 amide bonds. The normalized spacial score (nSPS) is 15.4. The van der Waals surface area contributed by atoms with Gasteiger partial charge in [-0.3, -0.25) is 9.59 Å². The van der Waals surface area contributed by atoms with E-state index < -0.39 is 0 Å². The third-order valence-corrected chi connectivity index (χ3v) is 4.43. The van der Waals surface area contributed by atoms with Crippen LogP contribution in [-0.4, -0.2) is 22.7 Å². The van der Waals surface area contributed by atoms with Crippen molar-refractivity contribution < 1.29 is 9.59 Å². The molecule has 4 N–H and O–H groups in total. The van der Waals surface area contributed by atoms with Crippen molar-refractivity contribution in [3.8, 4) is 0 Å². The lowest BCUT2D eigenvalue weighted by molar-refractivity contribution is 0.0937. The fourth-order valence-electron chi connectivity index (χ4n) is 3.38. The monoisotopic (exact) mass is 299 g/mol. The Bertz CT molecular complexity index is 755. The third-order valence-electron chi connectivity index (χ3n) is 4.43. The van der Waals surface area contributed by atoms with Crippen molar-refractivity contribution in [3.63, 3.8) is 0 Å². The number of H-pyrrole nitrogens is 1. The Morgan fingerprint density at radius 3 is 2.59 bits per heavy atom.